The van der Waals surface area contributed by atoms with Crippen LogP contribution in [0.15, 0.2) is 66.8 Å². The van der Waals surface area contributed by atoms with Crippen LogP contribution in [0.2, 0.25) is 0 Å². The minimum absolute atomic E-state index is 0.0856. The maximum absolute atomic E-state index is 12.6. The minimum Gasteiger partial charge on any atom is -0.481 e. The van der Waals surface area contributed by atoms with E-state index in [-0.39, 0.29) is 18.4 Å². The molecule has 182 valence electrons. The van der Waals surface area contributed by atoms with Crippen LogP contribution < -0.4 is 5.32 Å². The van der Waals surface area contributed by atoms with Crippen molar-refractivity contribution >= 4 is 23.8 Å². The lowest BCUT2D eigenvalue weighted by atomic mass is 9.98. The lowest BCUT2D eigenvalue weighted by Gasteiger charge is -2.19. The van der Waals surface area contributed by atoms with Crippen molar-refractivity contribution < 1.29 is 33.9 Å². The fraction of sp³-hybridized carbons (Fsp3) is 0.360. The first kappa shape index (κ1) is 26.5. The monoisotopic (exact) mass is 470 g/mol. The first-order chi connectivity index (χ1) is 16.3. The number of hydrogen-bond donors (Lipinski definition) is 2. The number of benzene rings is 1. The Labute approximate surface area is 198 Å². The number of carbonyl (C=O) groups is 4. The van der Waals surface area contributed by atoms with Crippen LogP contribution in [0.4, 0.5) is 4.79 Å². The molecule has 1 heterocycles. The summed E-state index contributed by atoms with van der Waals surface area (Å²) in [6, 6.07) is 8.22. The number of carboxylic acids is 1. The van der Waals surface area contributed by atoms with E-state index in [1.165, 1.54) is 6.08 Å². The highest BCUT2D eigenvalue weighted by Crippen LogP contribution is 2.22. The third-order valence-corrected chi connectivity index (χ3v) is 5.11. The molecule has 2 rings (SSSR count). The fourth-order valence-corrected chi connectivity index (χ4v) is 3.44. The normalized spacial score (nSPS) is 17.0. The van der Waals surface area contributed by atoms with Crippen LogP contribution in [0, 0.1) is 5.92 Å². The number of Topliss-reactive ketones (excluding diaryl/α,β-unsaturated/α-hetero) is 1. The molecule has 2 unspecified atom stereocenters. The lowest BCUT2D eigenvalue weighted by molar-refractivity contribution is -0.182. The van der Waals surface area contributed by atoms with Gasteiger partial charge in [0.15, 0.2) is 5.78 Å². The van der Waals surface area contributed by atoms with Gasteiger partial charge in [0, 0.05) is 12.5 Å². The summed E-state index contributed by atoms with van der Waals surface area (Å²) in [6.07, 6.45) is 6.23. The molecule has 9 nitrogen and oxygen atoms in total. The second kappa shape index (κ2) is 13.7. The van der Waals surface area contributed by atoms with Crippen LogP contribution in [-0.2, 0) is 30.4 Å². The summed E-state index contributed by atoms with van der Waals surface area (Å²) in [5.41, 5.74) is 1.69. The second-order valence-electron chi connectivity index (χ2n) is 7.70. The standard InChI is InChI=1S/C25H30N2O7/c1-3-8-19(9-4-2)16-33-25(32)26-21(15-23(29)30)22(28)17-34-27-13-12-20(24(27)31)14-18-10-6-5-7-11-18/h3-11,20-21H,1,12-17H2,2H3,(H,26,32)(H,29,30). The van der Waals surface area contributed by atoms with Crippen LogP contribution in [0.1, 0.15) is 25.3 Å². The van der Waals surface area contributed by atoms with Gasteiger partial charge >= 0.3 is 12.1 Å². The maximum Gasteiger partial charge on any atom is 0.408 e. The topological polar surface area (TPSA) is 122 Å². The van der Waals surface area contributed by atoms with Crippen LogP contribution in [0.5, 0.6) is 0 Å². The SMILES string of the molecule is C=CC=C(C=CC)COC(=O)NC(CC(=O)O)C(=O)CON1CCC(Cc2ccccc2)C1=O. The number of alkyl carbamates (subject to hydrolysis) is 1. The molecule has 2 N–H and O–H groups in total. The predicted octanol–water partition coefficient (Wildman–Crippen LogP) is 2.84. The van der Waals surface area contributed by atoms with Gasteiger partial charge in [0.05, 0.1) is 6.42 Å². The molecule has 0 aliphatic carbocycles. The molecule has 1 aromatic rings. The Morgan fingerprint density at radius 2 is 2.00 bits per heavy atom. The van der Waals surface area contributed by atoms with Crippen LogP contribution in [0.3, 0.4) is 0 Å². The molecule has 0 saturated carbocycles. The van der Waals surface area contributed by atoms with Gasteiger partial charge in [0.1, 0.15) is 19.3 Å². The van der Waals surface area contributed by atoms with Gasteiger partial charge in [-0.3, -0.25) is 19.2 Å². The molecule has 2 amide bonds. The highest BCUT2D eigenvalue weighted by Gasteiger charge is 2.34. The number of ketones is 1. The number of rotatable bonds is 13. The van der Waals surface area contributed by atoms with Gasteiger partial charge in [-0.1, -0.05) is 61.2 Å². The highest BCUT2D eigenvalue weighted by atomic mass is 16.7. The minimum atomic E-state index is -1.36. The first-order valence-corrected chi connectivity index (χ1v) is 10.9. The molecule has 0 radical (unpaired) electrons. The Balaban J connectivity index is 1.88. The molecule has 2 atom stereocenters. The largest absolute Gasteiger partial charge is 0.481 e. The average Bonchev–Trinajstić information content (AvgIpc) is 3.15. The van der Waals surface area contributed by atoms with Gasteiger partial charge in [-0.15, -0.1) is 0 Å². The van der Waals surface area contributed by atoms with E-state index >= 15 is 0 Å². The molecule has 9 heteroatoms. The molecule has 0 bridgehead atoms. The molecule has 1 aromatic carbocycles. The number of nitrogens with zero attached hydrogens (tertiary/aromatic N) is 1. The number of amides is 2. The number of nitrogens with one attached hydrogen (secondary N) is 1. The van der Waals surface area contributed by atoms with Gasteiger partial charge in [-0.05, 0) is 30.9 Å². The summed E-state index contributed by atoms with van der Waals surface area (Å²) < 4.78 is 5.07. The quantitative estimate of drug-likeness (QED) is 0.425. The molecular formula is C25H30N2O7. The molecule has 1 aliphatic heterocycles. The Morgan fingerprint density at radius 1 is 1.26 bits per heavy atom. The Hall–Kier alpha value is -3.72. The van der Waals surface area contributed by atoms with Gasteiger partial charge < -0.3 is 15.2 Å². The van der Waals surface area contributed by atoms with Crippen LogP contribution in [0.25, 0.3) is 0 Å². The number of hydrogen-bond acceptors (Lipinski definition) is 6. The zero-order valence-corrected chi connectivity index (χ0v) is 19.1. The smallest absolute Gasteiger partial charge is 0.408 e. The van der Waals surface area contributed by atoms with E-state index < -0.39 is 36.9 Å². The molecule has 34 heavy (non-hydrogen) atoms. The first-order valence-electron chi connectivity index (χ1n) is 10.9. The summed E-state index contributed by atoms with van der Waals surface area (Å²) in [4.78, 5) is 53.8. The molecular weight excluding hydrogens is 440 g/mol. The van der Waals surface area contributed by atoms with Crippen molar-refractivity contribution in [2.24, 2.45) is 5.92 Å². The lowest BCUT2D eigenvalue weighted by Crippen LogP contribution is -2.45. The molecule has 1 fully saturated rings. The summed E-state index contributed by atoms with van der Waals surface area (Å²) in [5.74, 6) is -2.45. The zero-order chi connectivity index (χ0) is 24.9. The van der Waals surface area contributed by atoms with E-state index in [0.29, 0.717) is 25.0 Å². The second-order valence-corrected chi connectivity index (χ2v) is 7.70. The Kier molecular flexibility index (Phi) is 10.7. The number of aliphatic carboxylic acids is 1. The van der Waals surface area contributed by atoms with Crippen LogP contribution in [-0.4, -0.2) is 59.7 Å². The van der Waals surface area contributed by atoms with E-state index in [2.05, 4.69) is 11.9 Å². The van der Waals surface area contributed by atoms with E-state index in [4.69, 9.17) is 14.7 Å². The van der Waals surface area contributed by atoms with Crippen molar-refractivity contribution in [3.63, 3.8) is 0 Å². The molecule has 0 spiro atoms. The summed E-state index contributed by atoms with van der Waals surface area (Å²) >= 11 is 0. The number of carboxylic acid groups (broad SMARTS) is 1. The van der Waals surface area contributed by atoms with Crippen molar-refractivity contribution in [3.05, 3.63) is 72.4 Å². The molecule has 1 saturated heterocycles. The number of allylic oxidation sites excluding steroid dienone is 3. The van der Waals surface area contributed by atoms with E-state index in [1.807, 2.05) is 30.3 Å². The van der Waals surface area contributed by atoms with E-state index in [1.54, 1.807) is 25.2 Å². The Morgan fingerprint density at radius 3 is 2.65 bits per heavy atom. The van der Waals surface area contributed by atoms with Crippen molar-refractivity contribution in [1.29, 1.82) is 0 Å². The maximum atomic E-state index is 12.6. The summed E-state index contributed by atoms with van der Waals surface area (Å²) in [5, 5.41) is 12.5. The molecule has 1 aliphatic rings. The van der Waals surface area contributed by atoms with E-state index in [9.17, 15) is 19.2 Å². The average molecular weight is 471 g/mol. The summed E-state index contributed by atoms with van der Waals surface area (Å²) in [6.45, 7) is 5.07. The van der Waals surface area contributed by atoms with E-state index in [0.717, 1.165) is 10.6 Å². The third kappa shape index (κ3) is 8.67. The van der Waals surface area contributed by atoms with Gasteiger partial charge in [-0.25, -0.2) is 9.86 Å². The van der Waals surface area contributed by atoms with Crippen molar-refractivity contribution in [1.82, 2.24) is 10.4 Å². The zero-order valence-electron chi connectivity index (χ0n) is 19.1. The summed E-state index contributed by atoms with van der Waals surface area (Å²) in [7, 11) is 0. The molecule has 0 aromatic heterocycles. The number of carbonyl (C=O) groups excluding carboxylic acids is 3. The van der Waals surface area contributed by atoms with Gasteiger partial charge in [-0.2, -0.15) is 0 Å². The number of hydroxylamine groups is 2. The van der Waals surface area contributed by atoms with Crippen LogP contribution >= 0.6 is 0 Å². The third-order valence-electron chi connectivity index (χ3n) is 5.11. The van der Waals surface area contributed by atoms with Crippen molar-refractivity contribution in [3.8, 4) is 0 Å². The highest BCUT2D eigenvalue weighted by molar-refractivity contribution is 5.91. The van der Waals surface area contributed by atoms with Gasteiger partial charge in [0.2, 0.25) is 5.91 Å². The van der Waals surface area contributed by atoms with Crippen molar-refractivity contribution in [2.45, 2.75) is 32.2 Å². The number of ether oxygens (including phenoxy) is 1. The Bertz CT molecular complexity index is 940. The fourth-order valence-electron chi connectivity index (χ4n) is 3.44. The van der Waals surface area contributed by atoms with Gasteiger partial charge in [0.25, 0.3) is 0 Å². The predicted molar refractivity (Wildman–Crippen MR) is 125 cm³/mol. The van der Waals surface area contributed by atoms with Crippen molar-refractivity contribution in [2.75, 3.05) is 19.8 Å².